The van der Waals surface area contributed by atoms with Crippen molar-refractivity contribution in [1.82, 2.24) is 15.2 Å². The molecule has 0 atom stereocenters. The summed E-state index contributed by atoms with van der Waals surface area (Å²) in [5.41, 5.74) is 3.45. The van der Waals surface area contributed by atoms with Crippen LogP contribution < -0.4 is 10.1 Å². The number of pyridine rings is 1. The van der Waals surface area contributed by atoms with E-state index in [0.717, 1.165) is 36.0 Å². The Morgan fingerprint density at radius 3 is 2.45 bits per heavy atom. The van der Waals surface area contributed by atoms with Crippen molar-refractivity contribution in [3.63, 3.8) is 0 Å². The lowest BCUT2D eigenvalue weighted by molar-refractivity contribution is 0.174. The Kier molecular flexibility index (Phi) is 10.0. The average molecular weight is 350 g/mol. The molecule has 1 aromatic heterocycles. The number of rotatable bonds is 5. The molecule has 0 unspecified atom stereocenters. The second kappa shape index (κ2) is 10.3. The van der Waals surface area contributed by atoms with Crippen LogP contribution in [0.25, 0.3) is 0 Å². The molecule has 1 aliphatic rings. The van der Waals surface area contributed by atoms with E-state index in [1.807, 2.05) is 20.2 Å². The lowest BCUT2D eigenvalue weighted by Crippen LogP contribution is -2.36. The molecule has 0 amide bonds. The van der Waals surface area contributed by atoms with Crippen molar-refractivity contribution < 1.29 is 4.74 Å². The standard InChI is InChI=1S/C16H27N3O.2ClH/c1-12-9-18-15(13(2)16(12)20-4)11-19-7-5-14(6-8-19)10-17-3;;/h9,14,17H,5-8,10-11H2,1-4H3;2*1H. The molecule has 0 aliphatic carbocycles. The van der Waals surface area contributed by atoms with Gasteiger partial charge in [0.15, 0.2) is 0 Å². The van der Waals surface area contributed by atoms with Gasteiger partial charge in [0.1, 0.15) is 5.75 Å². The van der Waals surface area contributed by atoms with Gasteiger partial charge in [-0.25, -0.2) is 0 Å². The van der Waals surface area contributed by atoms with Gasteiger partial charge in [-0.05, 0) is 59.3 Å². The first-order chi connectivity index (χ1) is 9.65. The molecule has 2 heterocycles. The van der Waals surface area contributed by atoms with Crippen LogP contribution in [0.3, 0.4) is 0 Å². The predicted octanol–water partition coefficient (Wildman–Crippen LogP) is 2.98. The first kappa shape index (κ1) is 21.4. The van der Waals surface area contributed by atoms with Crippen molar-refractivity contribution in [2.75, 3.05) is 33.8 Å². The molecule has 0 bridgehead atoms. The zero-order valence-corrected chi connectivity index (χ0v) is 15.6. The number of nitrogens with one attached hydrogen (secondary N) is 1. The highest BCUT2D eigenvalue weighted by Gasteiger charge is 2.20. The van der Waals surface area contributed by atoms with Crippen LogP contribution in [0, 0.1) is 19.8 Å². The zero-order chi connectivity index (χ0) is 14.5. The normalized spacial score (nSPS) is 15.8. The molecule has 0 spiro atoms. The van der Waals surface area contributed by atoms with Crippen molar-refractivity contribution in [3.8, 4) is 5.75 Å². The number of piperidine rings is 1. The Balaban J connectivity index is 0.00000220. The summed E-state index contributed by atoms with van der Waals surface area (Å²) < 4.78 is 5.49. The van der Waals surface area contributed by atoms with Gasteiger partial charge in [-0.3, -0.25) is 9.88 Å². The van der Waals surface area contributed by atoms with Crippen molar-refractivity contribution in [1.29, 1.82) is 0 Å². The minimum Gasteiger partial charge on any atom is -0.496 e. The molecule has 1 fully saturated rings. The van der Waals surface area contributed by atoms with Gasteiger partial charge in [-0.2, -0.15) is 0 Å². The molecule has 1 saturated heterocycles. The summed E-state index contributed by atoms with van der Waals surface area (Å²) in [7, 11) is 3.78. The number of nitrogens with zero attached hydrogens (tertiary/aromatic N) is 2. The summed E-state index contributed by atoms with van der Waals surface area (Å²) in [6, 6.07) is 0. The molecule has 22 heavy (non-hydrogen) atoms. The number of aromatic nitrogens is 1. The van der Waals surface area contributed by atoms with Crippen molar-refractivity contribution in [3.05, 3.63) is 23.0 Å². The molecule has 128 valence electrons. The third kappa shape index (κ3) is 5.27. The molecule has 0 radical (unpaired) electrons. The molecule has 6 heteroatoms. The SMILES string of the molecule is CNCC1CCN(Cc2ncc(C)c(OC)c2C)CC1.Cl.Cl. The fourth-order valence-corrected chi connectivity index (χ4v) is 3.08. The summed E-state index contributed by atoms with van der Waals surface area (Å²) in [6.07, 6.45) is 4.49. The number of likely N-dealkylation sites (tertiary alicyclic amines) is 1. The monoisotopic (exact) mass is 349 g/mol. The summed E-state index contributed by atoms with van der Waals surface area (Å²) in [6.45, 7) is 8.58. The minimum absolute atomic E-state index is 0. The smallest absolute Gasteiger partial charge is 0.128 e. The highest BCUT2D eigenvalue weighted by atomic mass is 35.5. The lowest BCUT2D eigenvalue weighted by Gasteiger charge is -2.32. The maximum atomic E-state index is 5.49. The third-order valence-electron chi connectivity index (χ3n) is 4.32. The minimum atomic E-state index is 0. The van der Waals surface area contributed by atoms with Crippen molar-refractivity contribution in [2.45, 2.75) is 33.2 Å². The van der Waals surface area contributed by atoms with E-state index in [2.05, 4.69) is 22.1 Å². The van der Waals surface area contributed by atoms with E-state index in [-0.39, 0.29) is 24.8 Å². The van der Waals surface area contributed by atoms with E-state index in [1.165, 1.54) is 31.5 Å². The topological polar surface area (TPSA) is 37.4 Å². The second-order valence-electron chi connectivity index (χ2n) is 5.82. The van der Waals surface area contributed by atoms with Crippen molar-refractivity contribution >= 4 is 24.8 Å². The van der Waals surface area contributed by atoms with Gasteiger partial charge in [0.05, 0.1) is 12.8 Å². The molecule has 1 aliphatic heterocycles. The Bertz CT molecular complexity index is 449. The van der Waals surface area contributed by atoms with Crippen LogP contribution in [0.15, 0.2) is 6.20 Å². The quantitative estimate of drug-likeness (QED) is 0.886. The summed E-state index contributed by atoms with van der Waals surface area (Å²) in [5.74, 6) is 1.82. The number of hydrogen-bond donors (Lipinski definition) is 1. The Hall–Kier alpha value is -0.550. The fourth-order valence-electron chi connectivity index (χ4n) is 3.08. The van der Waals surface area contributed by atoms with E-state index in [0.29, 0.717) is 0 Å². The van der Waals surface area contributed by atoms with Crippen LogP contribution >= 0.6 is 24.8 Å². The Morgan fingerprint density at radius 1 is 1.27 bits per heavy atom. The molecule has 4 nitrogen and oxygen atoms in total. The first-order valence-electron chi connectivity index (χ1n) is 7.51. The highest BCUT2D eigenvalue weighted by molar-refractivity contribution is 5.85. The molecular weight excluding hydrogens is 321 g/mol. The molecular formula is C16H29Cl2N3O. The predicted molar refractivity (Wildman–Crippen MR) is 96.7 cm³/mol. The van der Waals surface area contributed by atoms with E-state index < -0.39 is 0 Å². The number of hydrogen-bond acceptors (Lipinski definition) is 4. The molecule has 0 aromatic carbocycles. The maximum absolute atomic E-state index is 5.49. The number of ether oxygens (including phenoxy) is 1. The van der Waals surface area contributed by atoms with E-state index >= 15 is 0 Å². The fraction of sp³-hybridized carbons (Fsp3) is 0.688. The van der Waals surface area contributed by atoms with Gasteiger partial charge in [-0.1, -0.05) is 0 Å². The number of methoxy groups -OCH3 is 1. The lowest BCUT2D eigenvalue weighted by atomic mass is 9.96. The first-order valence-corrected chi connectivity index (χ1v) is 7.51. The van der Waals surface area contributed by atoms with E-state index in [4.69, 9.17) is 4.74 Å². The summed E-state index contributed by atoms with van der Waals surface area (Å²) in [4.78, 5) is 7.11. The number of aryl methyl sites for hydroxylation is 1. The van der Waals surface area contributed by atoms with E-state index in [1.54, 1.807) is 7.11 Å². The molecule has 1 aromatic rings. The highest BCUT2D eigenvalue weighted by Crippen LogP contribution is 2.26. The van der Waals surface area contributed by atoms with Crippen LogP contribution in [0.1, 0.15) is 29.7 Å². The number of halogens is 2. The molecule has 2 rings (SSSR count). The molecule has 0 saturated carbocycles. The third-order valence-corrected chi connectivity index (χ3v) is 4.32. The van der Waals surface area contributed by atoms with Gasteiger partial charge >= 0.3 is 0 Å². The van der Waals surface area contributed by atoms with Gasteiger partial charge < -0.3 is 10.1 Å². The van der Waals surface area contributed by atoms with Crippen LogP contribution in [-0.4, -0.2) is 43.7 Å². The van der Waals surface area contributed by atoms with Crippen LogP contribution in [0.2, 0.25) is 0 Å². The Labute approximate surface area is 146 Å². The van der Waals surface area contributed by atoms with Crippen LogP contribution in [-0.2, 0) is 6.54 Å². The van der Waals surface area contributed by atoms with Crippen molar-refractivity contribution in [2.24, 2.45) is 5.92 Å². The summed E-state index contributed by atoms with van der Waals surface area (Å²) >= 11 is 0. The van der Waals surface area contributed by atoms with Gasteiger partial charge in [0.2, 0.25) is 0 Å². The van der Waals surface area contributed by atoms with Crippen LogP contribution in [0.5, 0.6) is 5.75 Å². The summed E-state index contributed by atoms with van der Waals surface area (Å²) in [5, 5.41) is 3.28. The average Bonchev–Trinajstić information content (AvgIpc) is 2.45. The van der Waals surface area contributed by atoms with Gasteiger partial charge in [0, 0.05) is 23.9 Å². The zero-order valence-electron chi connectivity index (χ0n) is 14.0. The molecule has 1 N–H and O–H groups in total. The van der Waals surface area contributed by atoms with Crippen LogP contribution in [0.4, 0.5) is 0 Å². The Morgan fingerprint density at radius 2 is 1.91 bits per heavy atom. The van der Waals surface area contributed by atoms with Gasteiger partial charge in [-0.15, -0.1) is 24.8 Å². The second-order valence-corrected chi connectivity index (χ2v) is 5.82. The largest absolute Gasteiger partial charge is 0.496 e. The maximum Gasteiger partial charge on any atom is 0.128 e. The van der Waals surface area contributed by atoms with Gasteiger partial charge in [0.25, 0.3) is 0 Å². The van der Waals surface area contributed by atoms with E-state index in [9.17, 15) is 0 Å².